The van der Waals surface area contributed by atoms with E-state index in [1.807, 2.05) is 19.9 Å². The number of rotatable bonds is 5. The maximum absolute atomic E-state index is 10.9. The van der Waals surface area contributed by atoms with Crippen LogP contribution in [0.2, 0.25) is 0 Å². The van der Waals surface area contributed by atoms with Gasteiger partial charge in [-0.15, -0.1) is 0 Å². The van der Waals surface area contributed by atoms with Crippen molar-refractivity contribution in [2.75, 3.05) is 0 Å². The minimum Gasteiger partial charge on any atom is -0.423 e. The van der Waals surface area contributed by atoms with Crippen LogP contribution in [0.5, 0.6) is 0 Å². The molecule has 4 rings (SSSR count). The highest BCUT2D eigenvalue weighted by Crippen LogP contribution is 2.48. The lowest BCUT2D eigenvalue weighted by Gasteiger charge is -2.32. The summed E-state index contributed by atoms with van der Waals surface area (Å²) in [6.07, 6.45) is 0. The molecule has 0 saturated carbocycles. The molecule has 1 heterocycles. The smallest absolute Gasteiger partial charge is 0.423 e. The van der Waals surface area contributed by atoms with Gasteiger partial charge in [0.25, 0.3) is 0 Å². The molecule has 33 heavy (non-hydrogen) atoms. The molecule has 2 aromatic carbocycles. The summed E-state index contributed by atoms with van der Waals surface area (Å²) in [5.74, 6) is 0.288. The van der Waals surface area contributed by atoms with E-state index in [0.717, 1.165) is 10.9 Å². The lowest BCUT2D eigenvalue weighted by molar-refractivity contribution is 0.00578. The van der Waals surface area contributed by atoms with Gasteiger partial charge in [-0.05, 0) is 80.6 Å². The van der Waals surface area contributed by atoms with Gasteiger partial charge in [0.15, 0.2) is 0 Å². The third kappa shape index (κ3) is 3.99. The quantitative estimate of drug-likeness (QED) is 0.688. The topological polar surface area (TPSA) is 47.9 Å². The van der Waals surface area contributed by atoms with Crippen molar-refractivity contribution in [2.45, 2.75) is 91.5 Å². The highest BCUT2D eigenvalue weighted by Gasteiger charge is 2.52. The van der Waals surface area contributed by atoms with Gasteiger partial charge >= 0.3 is 14.2 Å². The second-order valence-electron chi connectivity index (χ2n) is 12.1. The molecule has 1 saturated heterocycles. The van der Waals surface area contributed by atoms with Gasteiger partial charge in [-0.25, -0.2) is 0 Å². The van der Waals surface area contributed by atoms with Crippen LogP contribution in [-0.4, -0.2) is 36.1 Å². The molecule has 1 N–H and O–H groups in total. The molecule has 0 atom stereocenters. The molecule has 0 amide bonds. The van der Waals surface area contributed by atoms with Crippen LogP contribution in [0.1, 0.15) is 80.4 Å². The van der Waals surface area contributed by atoms with E-state index in [4.69, 9.17) is 14.0 Å². The van der Waals surface area contributed by atoms with E-state index < -0.39 is 12.7 Å². The van der Waals surface area contributed by atoms with Crippen molar-refractivity contribution < 1.29 is 19.0 Å². The van der Waals surface area contributed by atoms with Crippen LogP contribution in [0.3, 0.4) is 0 Å². The van der Waals surface area contributed by atoms with E-state index in [2.05, 4.69) is 85.7 Å². The van der Waals surface area contributed by atoms with Gasteiger partial charge in [0.1, 0.15) is 0 Å². The Morgan fingerprint density at radius 1 is 0.879 bits per heavy atom. The summed E-state index contributed by atoms with van der Waals surface area (Å²) < 4.78 is 18.6. The van der Waals surface area contributed by atoms with E-state index in [9.17, 15) is 5.02 Å². The van der Waals surface area contributed by atoms with Crippen LogP contribution < -0.4 is 10.9 Å². The van der Waals surface area contributed by atoms with Crippen molar-refractivity contribution in [1.29, 1.82) is 0 Å². The van der Waals surface area contributed by atoms with Crippen molar-refractivity contribution in [3.05, 3.63) is 47.5 Å². The molecule has 0 unspecified atom stereocenters. The molecule has 1 fully saturated rings. The average Bonchev–Trinajstić information content (AvgIpc) is 3.06. The second kappa shape index (κ2) is 7.71. The Labute approximate surface area is 200 Å². The fourth-order valence-electron chi connectivity index (χ4n) is 4.54. The number of benzene rings is 2. The summed E-state index contributed by atoms with van der Waals surface area (Å²) in [7, 11) is -1.35. The minimum atomic E-state index is -0.965. The average molecular weight is 448 g/mol. The first-order valence-corrected chi connectivity index (χ1v) is 12.1. The zero-order valence-electron chi connectivity index (χ0n) is 21.9. The Morgan fingerprint density at radius 3 is 1.94 bits per heavy atom. The maximum Gasteiger partial charge on any atom is 0.494 e. The molecule has 1 aliphatic carbocycles. The van der Waals surface area contributed by atoms with Crippen molar-refractivity contribution in [3.63, 3.8) is 0 Å². The fourth-order valence-corrected chi connectivity index (χ4v) is 4.54. The molecule has 0 radical (unpaired) electrons. The van der Waals surface area contributed by atoms with E-state index in [-0.39, 0.29) is 29.7 Å². The fraction of sp³-hybridized carbons (Fsp3) is 0.556. The van der Waals surface area contributed by atoms with Crippen molar-refractivity contribution in [1.82, 2.24) is 0 Å². The van der Waals surface area contributed by atoms with Gasteiger partial charge in [0.05, 0.1) is 16.8 Å². The predicted octanol–water partition coefficient (Wildman–Crippen LogP) is 4.43. The normalized spacial score (nSPS) is 20.2. The van der Waals surface area contributed by atoms with Crippen LogP contribution in [0.4, 0.5) is 0 Å². The summed E-state index contributed by atoms with van der Waals surface area (Å²) in [4.78, 5) is 0. The standard InChI is InChI=1S/C27H38B2O4/c1-17(2)25(5,6)31-28(30)18-11-13-20-21-14-12-19(16-23(21)24(3,4)22(20)15-18)29-32-26(7,8)27(9,10)33-29/h11-17,30H,1-10H3. The van der Waals surface area contributed by atoms with Crippen molar-refractivity contribution in [3.8, 4) is 11.1 Å². The van der Waals surface area contributed by atoms with Crippen LogP contribution in [0, 0.1) is 5.92 Å². The van der Waals surface area contributed by atoms with E-state index in [1.54, 1.807) is 0 Å². The van der Waals surface area contributed by atoms with Crippen LogP contribution in [0.25, 0.3) is 11.1 Å². The second-order valence-corrected chi connectivity index (χ2v) is 12.1. The Kier molecular flexibility index (Phi) is 5.73. The lowest BCUT2D eigenvalue weighted by atomic mass is 9.72. The maximum atomic E-state index is 10.9. The summed E-state index contributed by atoms with van der Waals surface area (Å²) in [6.45, 7) is 21.0. The number of hydrogen-bond acceptors (Lipinski definition) is 4. The zero-order valence-corrected chi connectivity index (χ0v) is 21.9. The molecule has 4 nitrogen and oxygen atoms in total. The third-order valence-corrected chi connectivity index (χ3v) is 8.34. The minimum absolute atomic E-state index is 0.215. The highest BCUT2D eigenvalue weighted by molar-refractivity contribution is 6.62. The molecule has 2 aliphatic rings. The molecule has 0 bridgehead atoms. The van der Waals surface area contributed by atoms with Crippen molar-refractivity contribution >= 4 is 25.2 Å². The highest BCUT2D eigenvalue weighted by atomic mass is 16.7. The van der Waals surface area contributed by atoms with Gasteiger partial charge in [-0.2, -0.15) is 0 Å². The molecular formula is C27H38B2O4. The summed E-state index contributed by atoms with van der Waals surface area (Å²) in [5, 5.41) is 10.9. The molecular weight excluding hydrogens is 410 g/mol. The molecule has 1 aliphatic heterocycles. The summed E-state index contributed by atoms with van der Waals surface area (Å²) in [6, 6.07) is 12.7. The summed E-state index contributed by atoms with van der Waals surface area (Å²) >= 11 is 0. The monoisotopic (exact) mass is 448 g/mol. The molecule has 2 aromatic rings. The van der Waals surface area contributed by atoms with Crippen molar-refractivity contribution in [2.24, 2.45) is 5.92 Å². The first-order valence-electron chi connectivity index (χ1n) is 12.1. The first kappa shape index (κ1) is 24.5. The Bertz CT molecular complexity index is 1060. The molecule has 0 aromatic heterocycles. The Hall–Kier alpha value is -1.59. The third-order valence-electron chi connectivity index (χ3n) is 8.34. The SMILES string of the molecule is CC(C)C(C)(C)OB(O)c1ccc2c(c1)C(C)(C)c1cc(B3OC(C)(C)C(C)(C)O3)ccc1-2. The van der Waals surface area contributed by atoms with Gasteiger partial charge < -0.3 is 19.0 Å². The lowest BCUT2D eigenvalue weighted by Crippen LogP contribution is -2.44. The van der Waals surface area contributed by atoms with Crippen LogP contribution in [-0.2, 0) is 19.4 Å². The van der Waals surface area contributed by atoms with E-state index in [1.165, 1.54) is 22.3 Å². The Balaban J connectivity index is 1.67. The summed E-state index contributed by atoms with van der Waals surface area (Å²) in [5.41, 5.74) is 5.32. The van der Waals surface area contributed by atoms with Gasteiger partial charge in [-0.3, -0.25) is 0 Å². The number of hydrogen-bond donors (Lipinski definition) is 1. The van der Waals surface area contributed by atoms with E-state index >= 15 is 0 Å². The first-order chi connectivity index (χ1) is 15.1. The Morgan fingerprint density at radius 2 is 1.39 bits per heavy atom. The van der Waals surface area contributed by atoms with Gasteiger partial charge in [0, 0.05) is 5.41 Å². The van der Waals surface area contributed by atoms with Gasteiger partial charge in [0.2, 0.25) is 0 Å². The molecule has 0 spiro atoms. The number of fused-ring (bicyclic) bond motifs is 3. The predicted molar refractivity (Wildman–Crippen MR) is 137 cm³/mol. The zero-order chi connectivity index (χ0) is 24.6. The molecule has 176 valence electrons. The van der Waals surface area contributed by atoms with Crippen LogP contribution >= 0.6 is 0 Å². The van der Waals surface area contributed by atoms with Gasteiger partial charge in [-0.1, -0.05) is 64.1 Å². The largest absolute Gasteiger partial charge is 0.494 e. The van der Waals surface area contributed by atoms with E-state index in [0.29, 0.717) is 0 Å². The van der Waals surface area contributed by atoms with Crippen LogP contribution in [0.15, 0.2) is 36.4 Å². The molecule has 6 heteroatoms.